The number of halogens is 1. The van der Waals surface area contributed by atoms with E-state index in [-0.39, 0.29) is 17.6 Å². The summed E-state index contributed by atoms with van der Waals surface area (Å²) in [5.74, 6) is -0.610. The molecule has 3 rings (SSSR count). The van der Waals surface area contributed by atoms with Crippen molar-refractivity contribution in [3.05, 3.63) is 63.5 Å². The summed E-state index contributed by atoms with van der Waals surface area (Å²) in [7, 11) is 1.62. The lowest BCUT2D eigenvalue weighted by Crippen LogP contribution is -2.23. The van der Waals surface area contributed by atoms with E-state index < -0.39 is 5.97 Å². The number of benzene rings is 2. The van der Waals surface area contributed by atoms with E-state index in [1.807, 2.05) is 13.8 Å². The van der Waals surface area contributed by atoms with Gasteiger partial charge < -0.3 is 9.84 Å². The summed E-state index contributed by atoms with van der Waals surface area (Å²) in [5, 5.41) is 10.1. The van der Waals surface area contributed by atoms with Gasteiger partial charge in [-0.25, -0.2) is 9.79 Å². The average Bonchev–Trinajstić information content (AvgIpc) is 2.92. The smallest absolute Gasteiger partial charge is 0.335 e. The molecule has 2 aromatic rings. The molecule has 1 heterocycles. The standard InChI is InChI=1S/C21H19ClN2O4S/c1-12(2)28-17-8-7-15(22)9-14(17)11-18-19(25)24(3)21(29-18)23-16-6-4-5-13(10-16)20(26)27/h4-12H,1-3H3,(H,26,27)/b18-11+,23-21?. The lowest BCUT2D eigenvalue weighted by atomic mass is 10.1. The van der Waals surface area contributed by atoms with Gasteiger partial charge in [-0.2, -0.15) is 0 Å². The molecule has 0 aliphatic carbocycles. The number of nitrogens with zero attached hydrogens (tertiary/aromatic N) is 2. The fourth-order valence-corrected chi connectivity index (χ4v) is 3.76. The number of carboxylic acids is 1. The summed E-state index contributed by atoms with van der Waals surface area (Å²) in [4.78, 5) is 30.2. The van der Waals surface area contributed by atoms with E-state index in [0.717, 1.165) is 0 Å². The van der Waals surface area contributed by atoms with Crippen LogP contribution >= 0.6 is 23.4 Å². The van der Waals surface area contributed by atoms with E-state index in [0.29, 0.717) is 32.1 Å². The zero-order valence-corrected chi connectivity index (χ0v) is 17.6. The van der Waals surface area contributed by atoms with Gasteiger partial charge in [-0.1, -0.05) is 17.7 Å². The van der Waals surface area contributed by atoms with Crippen LogP contribution in [0.1, 0.15) is 29.8 Å². The van der Waals surface area contributed by atoms with Gasteiger partial charge >= 0.3 is 5.97 Å². The summed E-state index contributed by atoms with van der Waals surface area (Å²) >= 11 is 7.33. The van der Waals surface area contributed by atoms with Crippen LogP contribution in [-0.4, -0.2) is 40.2 Å². The average molecular weight is 431 g/mol. The lowest BCUT2D eigenvalue weighted by Gasteiger charge is -2.13. The van der Waals surface area contributed by atoms with Crippen LogP contribution in [0.2, 0.25) is 5.02 Å². The molecule has 6 nitrogen and oxygen atoms in total. The monoisotopic (exact) mass is 430 g/mol. The largest absolute Gasteiger partial charge is 0.490 e. The van der Waals surface area contributed by atoms with Gasteiger partial charge in [-0.15, -0.1) is 0 Å². The maximum Gasteiger partial charge on any atom is 0.335 e. The van der Waals surface area contributed by atoms with Gasteiger partial charge in [0.1, 0.15) is 5.75 Å². The number of aliphatic imine (C=N–C) groups is 1. The third-order valence-electron chi connectivity index (χ3n) is 3.94. The first-order valence-corrected chi connectivity index (χ1v) is 10.00. The number of hydrogen-bond donors (Lipinski definition) is 1. The van der Waals surface area contributed by atoms with Crippen molar-refractivity contribution in [2.45, 2.75) is 20.0 Å². The predicted molar refractivity (Wildman–Crippen MR) is 116 cm³/mol. The molecule has 0 atom stereocenters. The lowest BCUT2D eigenvalue weighted by molar-refractivity contribution is -0.121. The maximum absolute atomic E-state index is 12.7. The van der Waals surface area contributed by atoms with Crippen molar-refractivity contribution in [3.8, 4) is 5.75 Å². The molecule has 8 heteroatoms. The van der Waals surface area contributed by atoms with E-state index in [4.69, 9.17) is 21.4 Å². The Hall–Kier alpha value is -2.77. The number of carboxylic acid groups (broad SMARTS) is 1. The zero-order valence-electron chi connectivity index (χ0n) is 16.0. The molecule has 0 spiro atoms. The van der Waals surface area contributed by atoms with E-state index in [1.165, 1.54) is 28.8 Å². The zero-order chi connectivity index (χ0) is 21.1. The van der Waals surface area contributed by atoms with Crippen LogP contribution in [0.4, 0.5) is 5.69 Å². The minimum atomic E-state index is -1.03. The first kappa shape index (κ1) is 21.0. The van der Waals surface area contributed by atoms with Crippen LogP contribution in [0.3, 0.4) is 0 Å². The van der Waals surface area contributed by atoms with Gasteiger partial charge in [-0.3, -0.25) is 9.69 Å². The van der Waals surface area contributed by atoms with Crippen molar-refractivity contribution >= 4 is 52.2 Å². The van der Waals surface area contributed by atoms with Crippen molar-refractivity contribution in [3.63, 3.8) is 0 Å². The van der Waals surface area contributed by atoms with Crippen molar-refractivity contribution in [2.24, 2.45) is 4.99 Å². The molecule has 1 amide bonds. The number of carbonyl (C=O) groups excluding carboxylic acids is 1. The van der Waals surface area contributed by atoms with Crippen LogP contribution in [0.15, 0.2) is 52.4 Å². The normalized spacial score (nSPS) is 16.9. The molecule has 0 saturated carbocycles. The quantitative estimate of drug-likeness (QED) is 0.670. The molecule has 1 saturated heterocycles. The Morgan fingerprint density at radius 3 is 2.72 bits per heavy atom. The second kappa shape index (κ2) is 8.71. The number of thioether (sulfide) groups is 1. The van der Waals surface area contributed by atoms with E-state index in [9.17, 15) is 9.59 Å². The summed E-state index contributed by atoms with van der Waals surface area (Å²) < 4.78 is 5.81. The summed E-state index contributed by atoms with van der Waals surface area (Å²) in [5.41, 5.74) is 1.29. The highest BCUT2D eigenvalue weighted by atomic mass is 35.5. The second-order valence-corrected chi connectivity index (χ2v) is 8.02. The second-order valence-electron chi connectivity index (χ2n) is 6.57. The highest BCUT2D eigenvalue weighted by molar-refractivity contribution is 8.18. The number of likely N-dealkylation sites (N-methyl/N-ethyl adjacent to an activating group) is 1. The third-order valence-corrected chi connectivity index (χ3v) is 5.24. The van der Waals surface area contributed by atoms with Crippen LogP contribution in [0.25, 0.3) is 6.08 Å². The van der Waals surface area contributed by atoms with Crippen molar-refractivity contribution < 1.29 is 19.4 Å². The predicted octanol–water partition coefficient (Wildman–Crippen LogP) is 5.06. The Labute approximate surface area is 177 Å². The first-order chi connectivity index (χ1) is 13.7. The molecule has 29 heavy (non-hydrogen) atoms. The van der Waals surface area contributed by atoms with E-state index in [1.54, 1.807) is 43.5 Å². The molecule has 1 aliphatic heterocycles. The third kappa shape index (κ3) is 4.99. The van der Waals surface area contributed by atoms with Crippen molar-refractivity contribution in [1.29, 1.82) is 0 Å². The molecule has 2 aromatic carbocycles. The highest BCUT2D eigenvalue weighted by Crippen LogP contribution is 2.35. The molecular weight excluding hydrogens is 412 g/mol. The molecule has 1 N–H and O–H groups in total. The van der Waals surface area contributed by atoms with Crippen LogP contribution in [0, 0.1) is 0 Å². The molecule has 0 aromatic heterocycles. The number of hydrogen-bond acceptors (Lipinski definition) is 5. The minimum absolute atomic E-state index is 0.0263. The SMILES string of the molecule is CC(C)Oc1ccc(Cl)cc1/C=C1/SC(=Nc2cccc(C(=O)O)c2)N(C)C1=O. The van der Waals surface area contributed by atoms with Crippen molar-refractivity contribution in [1.82, 2.24) is 4.90 Å². The molecular formula is C21H19ClN2O4S. The van der Waals surface area contributed by atoms with Gasteiger partial charge in [-0.05, 0) is 68.1 Å². The van der Waals surface area contributed by atoms with E-state index in [2.05, 4.69) is 4.99 Å². The Morgan fingerprint density at radius 2 is 2.03 bits per heavy atom. The fourth-order valence-electron chi connectivity index (χ4n) is 2.61. The van der Waals surface area contributed by atoms with Gasteiger partial charge in [0.25, 0.3) is 5.91 Å². The first-order valence-electron chi connectivity index (χ1n) is 8.80. The number of aromatic carboxylic acids is 1. The van der Waals surface area contributed by atoms with Crippen molar-refractivity contribution in [2.75, 3.05) is 7.05 Å². The molecule has 0 bridgehead atoms. The van der Waals surface area contributed by atoms with Gasteiger partial charge in [0.05, 0.1) is 22.3 Å². The number of amides is 1. The molecule has 0 radical (unpaired) electrons. The minimum Gasteiger partial charge on any atom is -0.490 e. The summed E-state index contributed by atoms with van der Waals surface area (Å²) in [6.45, 7) is 3.84. The molecule has 0 unspecified atom stereocenters. The van der Waals surface area contributed by atoms with Gasteiger partial charge in [0, 0.05) is 17.6 Å². The van der Waals surface area contributed by atoms with Crippen LogP contribution in [0.5, 0.6) is 5.75 Å². The highest BCUT2D eigenvalue weighted by Gasteiger charge is 2.30. The maximum atomic E-state index is 12.7. The van der Waals surface area contributed by atoms with Gasteiger partial charge in [0.15, 0.2) is 5.17 Å². The molecule has 1 fully saturated rings. The topological polar surface area (TPSA) is 79.2 Å². The Balaban J connectivity index is 1.94. The summed E-state index contributed by atoms with van der Waals surface area (Å²) in [6.07, 6.45) is 1.70. The van der Waals surface area contributed by atoms with Crippen LogP contribution < -0.4 is 4.74 Å². The number of rotatable bonds is 5. The fraction of sp³-hybridized carbons (Fsp3) is 0.190. The Kier molecular flexibility index (Phi) is 6.30. The number of ether oxygens (including phenoxy) is 1. The Bertz CT molecular complexity index is 1030. The number of carbonyl (C=O) groups is 2. The van der Waals surface area contributed by atoms with Gasteiger partial charge in [0.2, 0.25) is 0 Å². The molecule has 150 valence electrons. The summed E-state index contributed by atoms with van der Waals surface area (Å²) in [6, 6.07) is 11.5. The number of amidine groups is 1. The van der Waals surface area contributed by atoms with Crippen LogP contribution in [-0.2, 0) is 4.79 Å². The molecule has 1 aliphatic rings. The van der Waals surface area contributed by atoms with E-state index >= 15 is 0 Å². The Morgan fingerprint density at radius 1 is 1.28 bits per heavy atom.